The fraction of sp³-hybridized carbons (Fsp3) is 0.688. The molecule has 1 aromatic rings. The minimum atomic E-state index is 0.542. The summed E-state index contributed by atoms with van der Waals surface area (Å²) in [6.07, 6.45) is 5.25. The summed E-state index contributed by atoms with van der Waals surface area (Å²) in [7, 11) is 0. The van der Waals surface area contributed by atoms with Gasteiger partial charge in [-0.1, -0.05) is 0 Å². The van der Waals surface area contributed by atoms with Crippen LogP contribution in [0.1, 0.15) is 31.9 Å². The zero-order valence-corrected chi connectivity index (χ0v) is 14.2. The van der Waals surface area contributed by atoms with Crippen LogP contribution in [0.2, 0.25) is 0 Å². The second-order valence-corrected chi connectivity index (χ2v) is 6.68. The normalized spacial score (nSPS) is 18.6. The lowest BCUT2D eigenvalue weighted by atomic mass is 10.2. The monoisotopic (exact) mass is 325 g/mol. The number of hydrogen-bond donors (Lipinski definition) is 2. The fourth-order valence-corrected chi connectivity index (χ4v) is 3.45. The van der Waals surface area contributed by atoms with Gasteiger partial charge < -0.3 is 19.8 Å². The molecular formula is C16H27N3O2S. The van der Waals surface area contributed by atoms with Gasteiger partial charge in [-0.25, -0.2) is 0 Å². The molecule has 1 atom stereocenters. The van der Waals surface area contributed by atoms with Crippen molar-refractivity contribution in [2.45, 2.75) is 38.0 Å². The van der Waals surface area contributed by atoms with Crippen LogP contribution in [0.15, 0.2) is 27.8 Å². The van der Waals surface area contributed by atoms with Crippen molar-refractivity contribution in [3.63, 3.8) is 0 Å². The second-order valence-electron chi connectivity index (χ2n) is 5.27. The van der Waals surface area contributed by atoms with E-state index in [0.717, 1.165) is 37.8 Å². The number of nitrogens with zero attached hydrogens (tertiary/aromatic N) is 1. The van der Waals surface area contributed by atoms with Crippen molar-refractivity contribution in [3.05, 3.63) is 24.2 Å². The Hall–Kier alpha value is -1.14. The molecule has 1 aliphatic rings. The SMILES string of the molecule is CCNC(=NCC1CCCS1)NCCCOCc1ccco1. The first kappa shape index (κ1) is 17.2. The Morgan fingerprint density at radius 1 is 1.50 bits per heavy atom. The Balaban J connectivity index is 1.56. The second kappa shape index (κ2) is 10.6. The van der Waals surface area contributed by atoms with Crippen molar-refractivity contribution < 1.29 is 9.15 Å². The van der Waals surface area contributed by atoms with E-state index in [4.69, 9.17) is 9.15 Å². The lowest BCUT2D eigenvalue weighted by Crippen LogP contribution is -2.38. The molecule has 1 aromatic heterocycles. The van der Waals surface area contributed by atoms with Crippen molar-refractivity contribution in [2.75, 3.05) is 32.0 Å². The molecule has 2 rings (SSSR count). The van der Waals surface area contributed by atoms with Crippen LogP contribution < -0.4 is 10.6 Å². The topological polar surface area (TPSA) is 58.8 Å². The molecule has 0 amide bonds. The first-order chi connectivity index (χ1) is 10.9. The highest BCUT2D eigenvalue weighted by Gasteiger charge is 2.14. The third kappa shape index (κ3) is 6.75. The molecule has 1 fully saturated rings. The maximum absolute atomic E-state index is 5.56. The molecule has 1 unspecified atom stereocenters. The minimum absolute atomic E-state index is 0.542. The Bertz CT molecular complexity index is 417. The van der Waals surface area contributed by atoms with Crippen molar-refractivity contribution in [1.29, 1.82) is 0 Å². The van der Waals surface area contributed by atoms with E-state index in [-0.39, 0.29) is 0 Å². The van der Waals surface area contributed by atoms with Gasteiger partial charge >= 0.3 is 0 Å². The van der Waals surface area contributed by atoms with E-state index in [2.05, 4.69) is 22.5 Å². The molecule has 1 saturated heterocycles. The summed E-state index contributed by atoms with van der Waals surface area (Å²) in [5, 5.41) is 7.36. The van der Waals surface area contributed by atoms with E-state index >= 15 is 0 Å². The average molecular weight is 325 g/mol. The van der Waals surface area contributed by atoms with Crippen LogP contribution in [0.3, 0.4) is 0 Å². The molecule has 2 N–H and O–H groups in total. The zero-order valence-electron chi connectivity index (χ0n) is 13.3. The summed E-state index contributed by atoms with van der Waals surface area (Å²) >= 11 is 2.04. The van der Waals surface area contributed by atoms with E-state index < -0.39 is 0 Å². The van der Waals surface area contributed by atoms with Gasteiger partial charge in [0, 0.05) is 24.9 Å². The lowest BCUT2D eigenvalue weighted by Gasteiger charge is -2.12. The first-order valence-electron chi connectivity index (χ1n) is 8.12. The maximum atomic E-state index is 5.56. The Morgan fingerprint density at radius 2 is 2.45 bits per heavy atom. The van der Waals surface area contributed by atoms with Crippen molar-refractivity contribution in [3.8, 4) is 0 Å². The van der Waals surface area contributed by atoms with E-state index in [1.54, 1.807) is 6.26 Å². The predicted molar refractivity (Wildman–Crippen MR) is 92.4 cm³/mol. The average Bonchev–Trinajstić information content (AvgIpc) is 3.21. The lowest BCUT2D eigenvalue weighted by molar-refractivity contribution is 0.105. The number of thioether (sulfide) groups is 1. The predicted octanol–water partition coefficient (Wildman–Crippen LogP) is 2.64. The molecule has 124 valence electrons. The number of ether oxygens (including phenoxy) is 1. The molecular weight excluding hydrogens is 298 g/mol. The van der Waals surface area contributed by atoms with Gasteiger partial charge in [0.15, 0.2) is 5.96 Å². The highest BCUT2D eigenvalue weighted by Crippen LogP contribution is 2.25. The summed E-state index contributed by atoms with van der Waals surface area (Å²) in [6, 6.07) is 3.80. The molecule has 2 heterocycles. The Kier molecular flexibility index (Phi) is 8.27. The summed E-state index contributed by atoms with van der Waals surface area (Å²) < 4.78 is 10.8. The smallest absolute Gasteiger partial charge is 0.191 e. The maximum Gasteiger partial charge on any atom is 0.191 e. The van der Waals surface area contributed by atoms with Crippen LogP contribution >= 0.6 is 11.8 Å². The van der Waals surface area contributed by atoms with Gasteiger partial charge in [0.25, 0.3) is 0 Å². The minimum Gasteiger partial charge on any atom is -0.467 e. The Labute approximate surface area is 137 Å². The summed E-state index contributed by atoms with van der Waals surface area (Å²) in [4.78, 5) is 4.67. The van der Waals surface area contributed by atoms with Gasteiger partial charge in [0.05, 0.1) is 12.8 Å². The van der Waals surface area contributed by atoms with Gasteiger partial charge in [-0.3, -0.25) is 4.99 Å². The highest BCUT2D eigenvalue weighted by molar-refractivity contribution is 8.00. The van der Waals surface area contributed by atoms with Crippen LogP contribution in [0, 0.1) is 0 Å². The van der Waals surface area contributed by atoms with Gasteiger partial charge in [-0.2, -0.15) is 11.8 Å². The Morgan fingerprint density at radius 3 is 3.18 bits per heavy atom. The van der Waals surface area contributed by atoms with E-state index in [1.807, 2.05) is 23.9 Å². The number of guanidine groups is 1. The summed E-state index contributed by atoms with van der Waals surface area (Å²) in [6.45, 7) is 6.01. The summed E-state index contributed by atoms with van der Waals surface area (Å²) in [5.41, 5.74) is 0. The molecule has 0 aliphatic carbocycles. The van der Waals surface area contributed by atoms with Gasteiger partial charge in [-0.05, 0) is 44.1 Å². The standard InChI is InChI=1S/C16H27N3O2S/c1-2-17-16(19-12-15-7-4-11-22-15)18-8-5-9-20-13-14-6-3-10-21-14/h3,6,10,15H,2,4-5,7-9,11-13H2,1H3,(H2,17,18,19). The van der Waals surface area contributed by atoms with Gasteiger partial charge in [0.2, 0.25) is 0 Å². The van der Waals surface area contributed by atoms with E-state index in [1.165, 1.54) is 18.6 Å². The third-order valence-corrected chi connectivity index (χ3v) is 4.78. The number of nitrogens with one attached hydrogen (secondary N) is 2. The number of rotatable bonds is 9. The molecule has 0 bridgehead atoms. The zero-order chi connectivity index (χ0) is 15.5. The van der Waals surface area contributed by atoms with Crippen molar-refractivity contribution >= 4 is 17.7 Å². The molecule has 22 heavy (non-hydrogen) atoms. The molecule has 0 spiro atoms. The van der Waals surface area contributed by atoms with Crippen LogP contribution in [0.25, 0.3) is 0 Å². The quantitative estimate of drug-likeness (QED) is 0.415. The van der Waals surface area contributed by atoms with Crippen LogP contribution in [0.4, 0.5) is 0 Å². The molecule has 5 nitrogen and oxygen atoms in total. The molecule has 0 aromatic carbocycles. The van der Waals surface area contributed by atoms with Gasteiger partial charge in [0.1, 0.15) is 12.4 Å². The van der Waals surface area contributed by atoms with Gasteiger partial charge in [-0.15, -0.1) is 0 Å². The van der Waals surface area contributed by atoms with Crippen LogP contribution in [-0.2, 0) is 11.3 Å². The molecule has 0 saturated carbocycles. The van der Waals surface area contributed by atoms with E-state index in [9.17, 15) is 0 Å². The largest absolute Gasteiger partial charge is 0.467 e. The summed E-state index contributed by atoms with van der Waals surface area (Å²) in [5.74, 6) is 3.08. The number of furan rings is 1. The number of hydrogen-bond acceptors (Lipinski definition) is 4. The molecule has 0 radical (unpaired) electrons. The van der Waals surface area contributed by atoms with Crippen LogP contribution in [0.5, 0.6) is 0 Å². The van der Waals surface area contributed by atoms with Crippen LogP contribution in [-0.4, -0.2) is 43.2 Å². The molecule has 1 aliphatic heterocycles. The fourth-order valence-electron chi connectivity index (χ4n) is 2.27. The highest BCUT2D eigenvalue weighted by atomic mass is 32.2. The van der Waals surface area contributed by atoms with Crippen molar-refractivity contribution in [2.24, 2.45) is 4.99 Å². The first-order valence-corrected chi connectivity index (χ1v) is 9.17. The van der Waals surface area contributed by atoms with E-state index in [0.29, 0.717) is 18.5 Å². The van der Waals surface area contributed by atoms with Crippen molar-refractivity contribution in [1.82, 2.24) is 10.6 Å². The molecule has 6 heteroatoms. The number of aliphatic imine (C=N–C) groups is 1. The third-order valence-electron chi connectivity index (χ3n) is 3.40.